The molecule has 0 heterocycles. The lowest BCUT2D eigenvalue weighted by Gasteiger charge is -2.59. The minimum Gasteiger partial charge on any atom is -0.463 e. The fourth-order valence-electron chi connectivity index (χ4n) is 9.98. The van der Waals surface area contributed by atoms with Crippen LogP contribution >= 0.6 is 0 Å². The third-order valence-corrected chi connectivity index (χ3v) is 12.9. The van der Waals surface area contributed by atoms with Gasteiger partial charge in [-0.3, -0.25) is 9.59 Å². The number of ether oxygens (including phenoxy) is 4. The maximum absolute atomic E-state index is 12.4. The van der Waals surface area contributed by atoms with E-state index in [4.69, 9.17) is 18.9 Å². The van der Waals surface area contributed by atoms with Crippen molar-refractivity contribution in [3.63, 3.8) is 0 Å². The van der Waals surface area contributed by atoms with Gasteiger partial charge in [0.1, 0.15) is 24.4 Å². The van der Waals surface area contributed by atoms with Crippen molar-refractivity contribution in [1.82, 2.24) is 0 Å². The molecule has 45 heavy (non-hydrogen) atoms. The molecule has 8 bridgehead atoms. The molecule has 1 N–H and O–H groups in total. The lowest BCUT2D eigenvalue weighted by Crippen LogP contribution is -2.61. The second-order valence-corrected chi connectivity index (χ2v) is 17.4. The van der Waals surface area contributed by atoms with E-state index in [1.54, 1.807) is 0 Å². The van der Waals surface area contributed by atoms with Crippen molar-refractivity contribution in [2.75, 3.05) is 19.8 Å². The zero-order valence-electron chi connectivity index (χ0n) is 29.1. The van der Waals surface area contributed by atoms with Gasteiger partial charge in [-0.1, -0.05) is 13.8 Å². The Hall–Kier alpha value is -1.67. The lowest BCUT2D eigenvalue weighted by atomic mass is 9.50. The van der Waals surface area contributed by atoms with Crippen LogP contribution in [-0.4, -0.2) is 59.6 Å². The molecule has 0 amide bonds. The van der Waals surface area contributed by atoms with Gasteiger partial charge in [0.25, 0.3) is 0 Å². The molecule has 8 rings (SSSR count). The van der Waals surface area contributed by atoms with Crippen LogP contribution in [0.4, 0.5) is 0 Å². The largest absolute Gasteiger partial charge is 0.463 e. The van der Waals surface area contributed by atoms with Gasteiger partial charge < -0.3 is 24.1 Å². The van der Waals surface area contributed by atoms with Crippen LogP contribution in [0.5, 0.6) is 0 Å². The summed E-state index contributed by atoms with van der Waals surface area (Å²) >= 11 is 0. The van der Waals surface area contributed by atoms with E-state index >= 15 is 0 Å². The lowest BCUT2D eigenvalue weighted by molar-refractivity contribution is -0.225. The fraction of sp³-hybridized carbons (Fsp3) is 0.919. The first-order valence-corrected chi connectivity index (χ1v) is 17.9. The third-order valence-electron chi connectivity index (χ3n) is 12.9. The number of carbonyl (C=O) groups is 3. The van der Waals surface area contributed by atoms with Crippen molar-refractivity contribution in [3.05, 3.63) is 0 Å². The zero-order chi connectivity index (χ0) is 32.8. The summed E-state index contributed by atoms with van der Waals surface area (Å²) in [6.07, 6.45) is 13.4. The molecular weight excluding hydrogens is 572 g/mol. The molecule has 256 valence electrons. The third kappa shape index (κ3) is 7.42. The molecule has 0 radical (unpaired) electrons. The Bertz CT molecular complexity index is 1070. The normalized spacial score (nSPS) is 39.2. The van der Waals surface area contributed by atoms with Crippen molar-refractivity contribution in [2.45, 2.75) is 149 Å². The first kappa shape index (κ1) is 34.7. The molecule has 8 fully saturated rings. The Morgan fingerprint density at radius 3 is 1.73 bits per heavy atom. The maximum Gasteiger partial charge on any atom is 0.332 e. The zero-order valence-corrected chi connectivity index (χ0v) is 29.1. The first-order valence-electron chi connectivity index (χ1n) is 17.9. The van der Waals surface area contributed by atoms with E-state index in [0.717, 1.165) is 50.4 Å². The second kappa shape index (κ2) is 12.7. The highest BCUT2D eigenvalue weighted by atomic mass is 16.6. The predicted molar refractivity (Wildman–Crippen MR) is 170 cm³/mol. The Morgan fingerprint density at radius 1 is 0.711 bits per heavy atom. The number of hydrogen-bond donors (Lipinski definition) is 1. The molecule has 8 aliphatic rings. The molecule has 0 aliphatic heterocycles. The molecule has 8 saturated carbocycles. The number of aliphatic hydroxyl groups is 1. The molecule has 2 unspecified atom stereocenters. The minimum atomic E-state index is -0.555. The van der Waals surface area contributed by atoms with E-state index in [-0.39, 0.29) is 48.9 Å². The van der Waals surface area contributed by atoms with Gasteiger partial charge in [-0.05, 0) is 147 Å². The molecule has 0 aromatic heterocycles. The van der Waals surface area contributed by atoms with Crippen LogP contribution in [0, 0.1) is 46.3 Å². The Morgan fingerprint density at radius 2 is 1.22 bits per heavy atom. The van der Waals surface area contributed by atoms with Crippen molar-refractivity contribution in [2.24, 2.45) is 46.3 Å². The van der Waals surface area contributed by atoms with Crippen LogP contribution in [0.1, 0.15) is 132 Å². The smallest absolute Gasteiger partial charge is 0.332 e. The number of hydrogen-bond acceptors (Lipinski definition) is 8. The highest BCUT2D eigenvalue weighted by Crippen LogP contribution is 2.60. The van der Waals surface area contributed by atoms with Crippen LogP contribution < -0.4 is 0 Å². The van der Waals surface area contributed by atoms with Gasteiger partial charge in [0.05, 0.1) is 23.0 Å². The Balaban J connectivity index is 0.000000186. The predicted octanol–water partition coefficient (Wildman–Crippen LogP) is 6.79. The molecule has 2 atom stereocenters. The highest BCUT2D eigenvalue weighted by Gasteiger charge is 2.60. The van der Waals surface area contributed by atoms with E-state index in [0.29, 0.717) is 30.1 Å². The molecule has 8 heteroatoms. The van der Waals surface area contributed by atoms with Crippen LogP contribution in [0.2, 0.25) is 0 Å². The maximum atomic E-state index is 12.4. The molecular formula is C37H60O8. The summed E-state index contributed by atoms with van der Waals surface area (Å²) in [5.41, 5.74) is -2.12. The minimum absolute atomic E-state index is 0.0728. The first-order chi connectivity index (χ1) is 21.0. The monoisotopic (exact) mass is 632 g/mol. The average molecular weight is 633 g/mol. The van der Waals surface area contributed by atoms with Crippen LogP contribution in [0.15, 0.2) is 0 Å². The van der Waals surface area contributed by atoms with Crippen molar-refractivity contribution in [3.8, 4) is 0 Å². The van der Waals surface area contributed by atoms with E-state index in [2.05, 4.69) is 6.92 Å². The quantitative estimate of drug-likeness (QED) is 0.151. The molecule has 0 aromatic carbocycles. The van der Waals surface area contributed by atoms with Gasteiger partial charge in [0, 0.05) is 6.42 Å². The van der Waals surface area contributed by atoms with Gasteiger partial charge in [0.15, 0.2) is 0 Å². The molecule has 0 aromatic rings. The molecule has 8 aliphatic carbocycles. The molecule has 0 saturated heterocycles. The highest BCUT2D eigenvalue weighted by molar-refractivity contribution is 5.76. The summed E-state index contributed by atoms with van der Waals surface area (Å²) in [4.78, 5) is 36.5. The van der Waals surface area contributed by atoms with Gasteiger partial charge in [-0.2, -0.15) is 0 Å². The summed E-state index contributed by atoms with van der Waals surface area (Å²) in [5.74, 6) is 3.24. The SMILES string of the molecule is CCC(C)(C)C(=O)OC12CC3CC(CC(O)(C3)C1)C2.CCC(C)(C)C(=O)OCCOCC(=O)OC1(C)C2CC3CC(C2)CC1C3. The number of esters is 3. The average Bonchev–Trinajstić information content (AvgIpc) is 2.94. The van der Waals surface area contributed by atoms with Gasteiger partial charge >= 0.3 is 17.9 Å². The topological polar surface area (TPSA) is 108 Å². The van der Waals surface area contributed by atoms with Gasteiger partial charge in [-0.15, -0.1) is 0 Å². The number of rotatable bonds is 11. The van der Waals surface area contributed by atoms with E-state index < -0.39 is 16.4 Å². The van der Waals surface area contributed by atoms with Crippen molar-refractivity contribution >= 4 is 17.9 Å². The van der Waals surface area contributed by atoms with Crippen molar-refractivity contribution < 1.29 is 38.4 Å². The number of carbonyl (C=O) groups excluding carboxylic acids is 3. The molecule has 8 nitrogen and oxygen atoms in total. The van der Waals surface area contributed by atoms with Crippen molar-refractivity contribution in [1.29, 1.82) is 0 Å². The summed E-state index contributed by atoms with van der Waals surface area (Å²) < 4.78 is 22.5. The van der Waals surface area contributed by atoms with Crippen LogP contribution in [0.25, 0.3) is 0 Å². The Kier molecular flexibility index (Phi) is 9.81. The van der Waals surface area contributed by atoms with E-state index in [1.807, 2.05) is 41.5 Å². The fourth-order valence-corrected chi connectivity index (χ4v) is 9.98. The summed E-state index contributed by atoms with van der Waals surface area (Å²) in [7, 11) is 0. The summed E-state index contributed by atoms with van der Waals surface area (Å²) in [6.45, 7) is 14.0. The standard InChI is InChI=1S/C21H34O5.C16H26O3/c1-5-20(2,3)19(23)25-7-6-24-13-18(22)26-21(4)16-9-14-8-15(11-16)12-17(21)10-14;1-4-14(2,3)13(17)19-16-8-11-5-12(9-16)7-15(18,6-11)10-16/h14-17H,5-13H2,1-4H3;11-12,18H,4-10H2,1-3H3. The summed E-state index contributed by atoms with van der Waals surface area (Å²) in [5, 5.41) is 10.6. The van der Waals surface area contributed by atoms with E-state index in [9.17, 15) is 19.5 Å². The molecule has 0 spiro atoms. The Labute approximate surface area is 271 Å². The van der Waals surface area contributed by atoms with Crippen LogP contribution in [0.3, 0.4) is 0 Å². The summed E-state index contributed by atoms with van der Waals surface area (Å²) in [6, 6.07) is 0. The second-order valence-electron chi connectivity index (χ2n) is 17.4. The van der Waals surface area contributed by atoms with Gasteiger partial charge in [-0.25, -0.2) is 4.79 Å². The van der Waals surface area contributed by atoms with Crippen LogP contribution in [-0.2, 0) is 33.3 Å². The van der Waals surface area contributed by atoms with Gasteiger partial charge in [0.2, 0.25) is 0 Å². The van der Waals surface area contributed by atoms with E-state index in [1.165, 1.54) is 38.5 Å².